The number of nitrogens with zero attached hydrogens (tertiary/aromatic N) is 1. The molecule has 4 aromatic rings. The molecule has 2 N–H and O–H groups in total. The van der Waals surface area contributed by atoms with Crippen molar-refractivity contribution in [3.05, 3.63) is 124 Å². The molecule has 4 aromatic carbocycles. The molecule has 8 heteroatoms. The molecule has 1 aliphatic rings. The van der Waals surface area contributed by atoms with Gasteiger partial charge in [-0.1, -0.05) is 84.9 Å². The summed E-state index contributed by atoms with van der Waals surface area (Å²) in [6, 6.07) is 28.1. The van der Waals surface area contributed by atoms with Gasteiger partial charge in [-0.2, -0.15) is 0 Å². The summed E-state index contributed by atoms with van der Waals surface area (Å²) in [5.41, 5.74) is 3.84. The molecule has 0 fully saturated rings. The van der Waals surface area contributed by atoms with E-state index >= 15 is 0 Å². The van der Waals surface area contributed by atoms with Crippen molar-refractivity contribution in [3.63, 3.8) is 0 Å². The van der Waals surface area contributed by atoms with Crippen molar-refractivity contribution in [1.29, 1.82) is 0 Å². The largest absolute Gasteiger partial charge is 0.312 e. The summed E-state index contributed by atoms with van der Waals surface area (Å²) >= 11 is 0. The van der Waals surface area contributed by atoms with E-state index in [0.717, 1.165) is 36.2 Å². The summed E-state index contributed by atoms with van der Waals surface area (Å²) < 4.78 is 28.3. The Bertz CT molecular complexity index is 1590. The number of nitro benzene ring substituents is 1. The summed E-state index contributed by atoms with van der Waals surface area (Å²) in [5.74, 6) is 0.252. The third-order valence-electron chi connectivity index (χ3n) is 6.79. The molecule has 0 radical (unpaired) electrons. The maximum atomic E-state index is 12.9. The number of allylic oxidation sites excluding steroid dienone is 1. The van der Waals surface area contributed by atoms with E-state index in [1.807, 2.05) is 24.3 Å². The highest BCUT2D eigenvalue weighted by Gasteiger charge is 2.27. The Labute approximate surface area is 216 Å². The Kier molecular flexibility index (Phi) is 7.14. The summed E-state index contributed by atoms with van der Waals surface area (Å²) in [5, 5.41) is 17.4. The molecule has 188 valence electrons. The molecular weight excluding hydrogens is 486 g/mol. The molecule has 0 heterocycles. The monoisotopic (exact) mass is 513 g/mol. The highest BCUT2D eigenvalue weighted by atomic mass is 32.2. The van der Waals surface area contributed by atoms with E-state index in [0.29, 0.717) is 0 Å². The van der Waals surface area contributed by atoms with Gasteiger partial charge < -0.3 is 5.32 Å². The fraction of sp³-hybridized carbons (Fsp3) is 0.172. The van der Waals surface area contributed by atoms with Crippen LogP contribution in [-0.2, 0) is 16.6 Å². The predicted molar refractivity (Wildman–Crippen MR) is 146 cm³/mol. The van der Waals surface area contributed by atoms with Crippen LogP contribution in [0, 0.1) is 10.1 Å². The Morgan fingerprint density at radius 1 is 0.865 bits per heavy atom. The van der Waals surface area contributed by atoms with Crippen LogP contribution in [0.4, 0.5) is 5.69 Å². The van der Waals surface area contributed by atoms with E-state index in [2.05, 4.69) is 58.6 Å². The number of para-hydroxylation sites is 1. The Balaban J connectivity index is 1.28. The van der Waals surface area contributed by atoms with Crippen LogP contribution in [0.25, 0.3) is 16.3 Å². The zero-order valence-corrected chi connectivity index (χ0v) is 20.9. The van der Waals surface area contributed by atoms with Crippen molar-refractivity contribution in [1.82, 2.24) is 10.0 Å². The molecule has 0 aromatic heterocycles. The summed E-state index contributed by atoms with van der Waals surface area (Å²) in [4.78, 5) is 10.3. The summed E-state index contributed by atoms with van der Waals surface area (Å²) in [7, 11) is -4.06. The van der Waals surface area contributed by atoms with Crippen molar-refractivity contribution >= 4 is 32.1 Å². The molecule has 7 nitrogen and oxygen atoms in total. The lowest BCUT2D eigenvalue weighted by Gasteiger charge is -2.26. The van der Waals surface area contributed by atoms with Gasteiger partial charge in [0, 0.05) is 31.6 Å². The molecule has 0 spiro atoms. The minimum atomic E-state index is -4.06. The number of nitro groups is 1. The van der Waals surface area contributed by atoms with Crippen LogP contribution in [0.5, 0.6) is 0 Å². The molecule has 0 saturated heterocycles. The number of rotatable bonds is 9. The minimum Gasteiger partial charge on any atom is -0.312 e. The zero-order valence-electron chi connectivity index (χ0n) is 20.1. The predicted octanol–water partition coefficient (Wildman–Crippen LogP) is 5.39. The molecule has 0 aliphatic heterocycles. The first-order valence-electron chi connectivity index (χ1n) is 12.1. The van der Waals surface area contributed by atoms with E-state index in [4.69, 9.17) is 0 Å². The second kappa shape index (κ2) is 10.6. The highest BCUT2D eigenvalue weighted by Crippen LogP contribution is 2.34. The fourth-order valence-corrected chi connectivity index (χ4v) is 6.12. The zero-order chi connectivity index (χ0) is 25.8. The lowest BCUT2D eigenvalue weighted by Crippen LogP contribution is -2.28. The minimum absolute atomic E-state index is 0.0571. The van der Waals surface area contributed by atoms with E-state index < -0.39 is 20.6 Å². The Hall–Kier alpha value is -3.85. The topological polar surface area (TPSA) is 101 Å². The third kappa shape index (κ3) is 5.32. The number of fused-ring (bicyclic) bond motifs is 2. The normalized spacial score (nSPS) is 15.2. The molecule has 1 atom stereocenters. The van der Waals surface area contributed by atoms with Gasteiger partial charge >= 0.3 is 0 Å². The van der Waals surface area contributed by atoms with Crippen LogP contribution >= 0.6 is 0 Å². The summed E-state index contributed by atoms with van der Waals surface area (Å²) in [6.07, 6.45) is 2.83. The van der Waals surface area contributed by atoms with E-state index in [1.165, 1.54) is 40.6 Å². The second-order valence-corrected chi connectivity index (χ2v) is 10.8. The Morgan fingerprint density at radius 3 is 2.46 bits per heavy atom. The highest BCUT2D eigenvalue weighted by molar-refractivity contribution is 7.89. The van der Waals surface area contributed by atoms with Crippen LogP contribution in [0.15, 0.2) is 102 Å². The maximum Gasteiger partial charge on any atom is 0.289 e. The molecule has 37 heavy (non-hydrogen) atoms. The first kappa shape index (κ1) is 24.8. The van der Waals surface area contributed by atoms with Crippen molar-refractivity contribution in [2.45, 2.75) is 23.8 Å². The first-order valence-corrected chi connectivity index (χ1v) is 13.6. The molecule has 1 aliphatic carbocycles. The van der Waals surface area contributed by atoms with Gasteiger partial charge in [0.25, 0.3) is 5.69 Å². The smallest absolute Gasteiger partial charge is 0.289 e. The van der Waals surface area contributed by atoms with Gasteiger partial charge in [0.15, 0.2) is 4.90 Å². The van der Waals surface area contributed by atoms with E-state index in [9.17, 15) is 18.5 Å². The van der Waals surface area contributed by atoms with Gasteiger partial charge in [-0.15, -0.1) is 0 Å². The SMILES string of the molecule is O=[N+]([O-])c1ccccc1S(=O)(=O)NCC1=CCC(CNCc2cccc3ccccc23)c2ccccc21. The fourth-order valence-electron chi connectivity index (χ4n) is 4.94. The number of nitrogens with one attached hydrogen (secondary N) is 2. The molecule has 0 bridgehead atoms. The maximum absolute atomic E-state index is 12.9. The van der Waals surface area contributed by atoms with Crippen LogP contribution in [0.3, 0.4) is 0 Å². The van der Waals surface area contributed by atoms with Crippen LogP contribution in [0.2, 0.25) is 0 Å². The molecular formula is C29H27N3O4S. The van der Waals surface area contributed by atoms with Crippen LogP contribution in [0.1, 0.15) is 29.0 Å². The van der Waals surface area contributed by atoms with Crippen molar-refractivity contribution in [2.24, 2.45) is 0 Å². The van der Waals surface area contributed by atoms with Gasteiger partial charge in [-0.3, -0.25) is 10.1 Å². The number of hydrogen-bond donors (Lipinski definition) is 2. The van der Waals surface area contributed by atoms with Crippen LogP contribution < -0.4 is 10.0 Å². The van der Waals surface area contributed by atoms with Gasteiger partial charge in [-0.05, 0) is 45.5 Å². The standard InChI is InChI=1S/C29H27N3O4S/c33-32(34)28-14-5-6-15-29(28)37(35,36)31-20-24-17-16-23(26-12-3-4-13-27(24)26)19-30-18-22-10-7-9-21-8-1-2-11-25(21)22/h1-15,17,23,30-31H,16,18-20H2. The van der Waals surface area contributed by atoms with Crippen molar-refractivity contribution in [2.75, 3.05) is 13.1 Å². The van der Waals surface area contributed by atoms with E-state index in [1.54, 1.807) is 0 Å². The second-order valence-electron chi connectivity index (χ2n) is 9.07. The summed E-state index contributed by atoms with van der Waals surface area (Å²) in [6.45, 7) is 1.60. The molecule has 1 unspecified atom stereocenters. The lowest BCUT2D eigenvalue weighted by atomic mass is 9.83. The molecule has 0 saturated carbocycles. The van der Waals surface area contributed by atoms with Crippen LogP contribution in [-0.4, -0.2) is 26.4 Å². The van der Waals surface area contributed by atoms with Gasteiger partial charge in [0.05, 0.1) is 4.92 Å². The van der Waals surface area contributed by atoms with Gasteiger partial charge in [0.1, 0.15) is 0 Å². The molecule has 0 amide bonds. The average Bonchev–Trinajstić information content (AvgIpc) is 2.92. The quantitative estimate of drug-likeness (QED) is 0.231. The average molecular weight is 514 g/mol. The Morgan fingerprint density at radius 2 is 1.59 bits per heavy atom. The van der Waals surface area contributed by atoms with Crippen molar-refractivity contribution in [3.8, 4) is 0 Å². The number of sulfonamides is 1. The molecule has 5 rings (SSSR count). The van der Waals surface area contributed by atoms with Gasteiger partial charge in [-0.25, -0.2) is 13.1 Å². The lowest BCUT2D eigenvalue weighted by molar-refractivity contribution is -0.387. The van der Waals surface area contributed by atoms with Gasteiger partial charge in [0.2, 0.25) is 10.0 Å². The first-order chi connectivity index (χ1) is 17.9. The van der Waals surface area contributed by atoms with E-state index in [-0.39, 0.29) is 17.4 Å². The third-order valence-corrected chi connectivity index (χ3v) is 8.23. The number of hydrogen-bond acceptors (Lipinski definition) is 5. The van der Waals surface area contributed by atoms with Crippen molar-refractivity contribution < 1.29 is 13.3 Å². The number of benzene rings is 4.